The lowest BCUT2D eigenvalue weighted by atomic mass is 10.0. The van der Waals surface area contributed by atoms with Gasteiger partial charge < -0.3 is 0 Å². The molecule has 0 bridgehead atoms. The van der Waals surface area contributed by atoms with Gasteiger partial charge in [0.25, 0.3) is 5.56 Å². The summed E-state index contributed by atoms with van der Waals surface area (Å²) in [4.78, 5) is 17.2. The summed E-state index contributed by atoms with van der Waals surface area (Å²) in [6.45, 7) is 4.12. The van der Waals surface area contributed by atoms with Crippen molar-refractivity contribution in [1.82, 2.24) is 15.2 Å². The molecule has 128 valence electrons. The van der Waals surface area contributed by atoms with Crippen LogP contribution in [0.2, 0.25) is 0 Å². The zero-order chi connectivity index (χ0) is 17.4. The zero-order valence-corrected chi connectivity index (χ0v) is 15.4. The second kappa shape index (κ2) is 6.56. The van der Waals surface area contributed by atoms with Gasteiger partial charge in [-0.25, -0.2) is 10.1 Å². The highest BCUT2D eigenvalue weighted by Gasteiger charge is 2.18. The molecule has 0 aliphatic heterocycles. The van der Waals surface area contributed by atoms with Crippen molar-refractivity contribution in [2.24, 2.45) is 0 Å². The van der Waals surface area contributed by atoms with E-state index in [0.717, 1.165) is 46.8 Å². The molecule has 1 aliphatic rings. The quantitative estimate of drug-likeness (QED) is 0.767. The second-order valence-corrected chi connectivity index (χ2v) is 7.29. The molecule has 3 aromatic rings. The number of thiazole rings is 1. The molecule has 0 fully saturated rings. The molecule has 2 aromatic heterocycles. The van der Waals surface area contributed by atoms with Gasteiger partial charge in [-0.2, -0.15) is 5.10 Å². The van der Waals surface area contributed by atoms with E-state index in [9.17, 15) is 4.79 Å². The fraction of sp³-hybridized carbons (Fsp3) is 0.350. The Bertz CT molecular complexity index is 987. The van der Waals surface area contributed by atoms with Gasteiger partial charge >= 0.3 is 0 Å². The van der Waals surface area contributed by atoms with Gasteiger partial charge in [-0.3, -0.25) is 4.79 Å². The molecule has 5 heteroatoms. The number of hydrogen-bond donors (Lipinski definition) is 1. The van der Waals surface area contributed by atoms with Crippen molar-refractivity contribution in [3.8, 4) is 21.8 Å². The summed E-state index contributed by atoms with van der Waals surface area (Å²) < 4.78 is 0. The van der Waals surface area contributed by atoms with Crippen LogP contribution in [-0.2, 0) is 25.7 Å². The number of rotatable bonds is 4. The predicted octanol–water partition coefficient (Wildman–Crippen LogP) is 4.17. The lowest BCUT2D eigenvalue weighted by Crippen LogP contribution is -2.16. The number of hydrogen-bond acceptors (Lipinski definition) is 4. The SMILES string of the molecule is CCc1n[nH]c(=O)c(-c2nc(-c3ccc4c(c3)CCC4)cs2)c1CC. The van der Waals surface area contributed by atoms with E-state index in [2.05, 4.69) is 47.6 Å². The van der Waals surface area contributed by atoms with Crippen molar-refractivity contribution >= 4 is 11.3 Å². The third-order valence-corrected chi connectivity index (χ3v) is 5.83. The third kappa shape index (κ3) is 2.82. The molecular weight excluding hydrogens is 330 g/mol. The van der Waals surface area contributed by atoms with Crippen molar-refractivity contribution in [1.29, 1.82) is 0 Å². The van der Waals surface area contributed by atoms with Crippen LogP contribution >= 0.6 is 11.3 Å². The maximum Gasteiger partial charge on any atom is 0.274 e. The summed E-state index contributed by atoms with van der Waals surface area (Å²) in [6, 6.07) is 6.64. The first-order valence-electron chi connectivity index (χ1n) is 8.89. The van der Waals surface area contributed by atoms with E-state index >= 15 is 0 Å². The van der Waals surface area contributed by atoms with Gasteiger partial charge in [0.05, 0.1) is 17.0 Å². The number of H-pyrrole nitrogens is 1. The Kier molecular flexibility index (Phi) is 4.25. The molecule has 1 aromatic carbocycles. The van der Waals surface area contributed by atoms with E-state index in [1.807, 2.05) is 0 Å². The van der Waals surface area contributed by atoms with Gasteiger partial charge in [0.2, 0.25) is 0 Å². The van der Waals surface area contributed by atoms with E-state index in [-0.39, 0.29) is 5.56 Å². The van der Waals surface area contributed by atoms with E-state index in [1.54, 1.807) is 0 Å². The molecule has 0 amide bonds. The van der Waals surface area contributed by atoms with Crippen LogP contribution in [0.15, 0.2) is 28.4 Å². The molecule has 0 atom stereocenters. The minimum absolute atomic E-state index is 0.149. The Morgan fingerprint density at radius 1 is 1.16 bits per heavy atom. The van der Waals surface area contributed by atoms with Crippen LogP contribution in [0.1, 0.15) is 42.7 Å². The third-order valence-electron chi connectivity index (χ3n) is 4.97. The van der Waals surface area contributed by atoms with Gasteiger partial charge in [0, 0.05) is 10.9 Å². The summed E-state index contributed by atoms with van der Waals surface area (Å²) in [5, 5.41) is 9.67. The van der Waals surface area contributed by atoms with Crippen molar-refractivity contribution in [2.75, 3.05) is 0 Å². The minimum Gasteiger partial charge on any atom is -0.267 e. The van der Waals surface area contributed by atoms with E-state index in [1.165, 1.54) is 35.3 Å². The summed E-state index contributed by atoms with van der Waals surface area (Å²) in [6.07, 6.45) is 5.17. The maximum atomic E-state index is 12.4. The Labute approximate surface area is 151 Å². The van der Waals surface area contributed by atoms with Gasteiger partial charge in [-0.15, -0.1) is 11.3 Å². The second-order valence-electron chi connectivity index (χ2n) is 6.44. The fourth-order valence-electron chi connectivity index (χ4n) is 3.67. The number of aromatic amines is 1. The molecule has 1 N–H and O–H groups in total. The van der Waals surface area contributed by atoms with Crippen molar-refractivity contribution < 1.29 is 0 Å². The average Bonchev–Trinajstić information content (AvgIpc) is 3.29. The number of nitrogens with one attached hydrogen (secondary N) is 1. The van der Waals surface area contributed by atoms with Crippen molar-refractivity contribution in [2.45, 2.75) is 46.0 Å². The van der Waals surface area contributed by atoms with Crippen molar-refractivity contribution in [3.63, 3.8) is 0 Å². The summed E-state index contributed by atoms with van der Waals surface area (Å²) in [5.74, 6) is 0. The van der Waals surface area contributed by atoms with Crippen LogP contribution in [-0.4, -0.2) is 15.2 Å². The van der Waals surface area contributed by atoms with E-state index < -0.39 is 0 Å². The summed E-state index contributed by atoms with van der Waals surface area (Å²) in [7, 11) is 0. The highest BCUT2D eigenvalue weighted by molar-refractivity contribution is 7.13. The van der Waals surface area contributed by atoms with Gasteiger partial charge in [0.15, 0.2) is 0 Å². The molecule has 0 radical (unpaired) electrons. The molecule has 0 unspecified atom stereocenters. The zero-order valence-electron chi connectivity index (χ0n) is 14.6. The predicted molar refractivity (Wildman–Crippen MR) is 102 cm³/mol. The Hall–Kier alpha value is -2.27. The number of aryl methyl sites for hydroxylation is 3. The highest BCUT2D eigenvalue weighted by atomic mass is 32.1. The van der Waals surface area contributed by atoms with Crippen LogP contribution < -0.4 is 5.56 Å². The minimum atomic E-state index is -0.149. The molecule has 0 saturated heterocycles. The lowest BCUT2D eigenvalue weighted by molar-refractivity contribution is 0.861. The van der Waals surface area contributed by atoms with Crippen LogP contribution in [0, 0.1) is 0 Å². The van der Waals surface area contributed by atoms with Crippen molar-refractivity contribution in [3.05, 3.63) is 56.3 Å². The van der Waals surface area contributed by atoms with Gasteiger partial charge in [-0.05, 0) is 54.9 Å². The molecule has 2 heterocycles. The van der Waals surface area contributed by atoms with E-state index in [0.29, 0.717) is 5.56 Å². The van der Waals surface area contributed by atoms with Crippen LogP contribution in [0.5, 0.6) is 0 Å². The summed E-state index contributed by atoms with van der Waals surface area (Å²) >= 11 is 1.53. The largest absolute Gasteiger partial charge is 0.274 e. The van der Waals surface area contributed by atoms with Crippen LogP contribution in [0.25, 0.3) is 21.8 Å². The van der Waals surface area contributed by atoms with E-state index in [4.69, 9.17) is 4.98 Å². The Morgan fingerprint density at radius 3 is 2.80 bits per heavy atom. The molecule has 0 spiro atoms. The lowest BCUT2D eigenvalue weighted by Gasteiger charge is -2.08. The smallest absolute Gasteiger partial charge is 0.267 e. The summed E-state index contributed by atoms with van der Waals surface area (Å²) in [5.41, 5.74) is 7.50. The molecule has 0 saturated carbocycles. The normalized spacial score (nSPS) is 13.2. The number of aromatic nitrogens is 3. The first-order valence-corrected chi connectivity index (χ1v) is 9.77. The first kappa shape index (κ1) is 16.2. The molecule has 25 heavy (non-hydrogen) atoms. The molecular formula is C20H21N3OS. The average molecular weight is 351 g/mol. The van der Waals surface area contributed by atoms with Crippen LogP contribution in [0.3, 0.4) is 0 Å². The number of benzene rings is 1. The first-order chi connectivity index (χ1) is 12.2. The number of fused-ring (bicyclic) bond motifs is 1. The maximum absolute atomic E-state index is 12.4. The molecule has 4 rings (SSSR count). The fourth-order valence-corrected chi connectivity index (χ4v) is 4.57. The Balaban J connectivity index is 1.79. The standard InChI is InChI=1S/C20H21N3OS/c1-3-15-16(4-2)22-23-19(24)18(15)20-21-17(11-25-20)14-9-8-12-6-5-7-13(12)10-14/h8-11H,3-7H2,1-2H3,(H,23,24). The monoisotopic (exact) mass is 351 g/mol. The Morgan fingerprint density at radius 2 is 2.00 bits per heavy atom. The molecule has 4 nitrogen and oxygen atoms in total. The van der Waals surface area contributed by atoms with Gasteiger partial charge in [-0.1, -0.05) is 26.0 Å². The number of nitrogens with zero attached hydrogens (tertiary/aromatic N) is 2. The highest BCUT2D eigenvalue weighted by Crippen LogP contribution is 2.32. The van der Waals surface area contributed by atoms with Gasteiger partial charge in [0.1, 0.15) is 5.01 Å². The van der Waals surface area contributed by atoms with Crippen LogP contribution in [0.4, 0.5) is 0 Å². The topological polar surface area (TPSA) is 58.6 Å². The molecule has 1 aliphatic carbocycles.